The molecule has 12 atom stereocenters. The molecule has 0 amide bonds. The summed E-state index contributed by atoms with van der Waals surface area (Å²) in [6, 6.07) is 6.37. The fraction of sp³-hybridized carbons (Fsp3) is 1.00. The number of nitrogens with two attached hydrogens (primary N) is 1. The lowest BCUT2D eigenvalue weighted by Gasteiger charge is -2.26. The van der Waals surface area contributed by atoms with Crippen LogP contribution < -0.4 is 16.4 Å². The van der Waals surface area contributed by atoms with E-state index >= 15 is 0 Å². The van der Waals surface area contributed by atoms with Gasteiger partial charge in [0, 0.05) is 152 Å². The summed E-state index contributed by atoms with van der Waals surface area (Å²) < 4.78 is 0. The maximum Gasteiger partial charge on any atom is 0.0832 e. The van der Waals surface area contributed by atoms with Gasteiger partial charge in [0.15, 0.2) is 0 Å². The van der Waals surface area contributed by atoms with E-state index in [-0.39, 0.29) is 18.2 Å². The molecule has 492 valence electrons. The molecule has 0 unspecified atom stereocenters. The second kappa shape index (κ2) is 40.2. The number of hydrogen-bond donors (Lipinski definition) is 6. The first kappa shape index (κ1) is 79.5. The highest BCUT2D eigenvalue weighted by atomic mass is 16.3. The van der Waals surface area contributed by atoms with E-state index in [0.717, 1.165) is 93.2 Å². The van der Waals surface area contributed by atoms with Crippen LogP contribution in [0.25, 0.3) is 0 Å². The number of aliphatic hydroxyl groups excluding tert-OH is 3. The summed E-state index contributed by atoms with van der Waals surface area (Å²) in [7, 11) is 6.55. The number of likely N-dealkylation sites (tertiary alicyclic amines) is 6. The van der Waals surface area contributed by atoms with Gasteiger partial charge < -0.3 is 41.5 Å². The van der Waals surface area contributed by atoms with Crippen molar-refractivity contribution in [1.82, 2.24) is 44.9 Å². The number of nitrogens with zero attached hydrogens (tertiary/aromatic N) is 7. The topological polar surface area (TPSA) is 133 Å². The zero-order valence-corrected chi connectivity index (χ0v) is 59.6. The largest absolute Gasteiger partial charge is 0.396 e. The van der Waals surface area contributed by atoms with Crippen LogP contribution >= 0.6 is 0 Å². The fourth-order valence-corrected chi connectivity index (χ4v) is 13.9. The minimum Gasteiger partial charge on any atom is -0.396 e. The highest BCUT2D eigenvalue weighted by Crippen LogP contribution is 2.31. The van der Waals surface area contributed by atoms with E-state index in [1.165, 1.54) is 65.0 Å². The highest BCUT2D eigenvalue weighted by molar-refractivity contribution is 4.94. The molecule has 0 spiro atoms. The third kappa shape index (κ3) is 30.1. The Hall–Kier alpha value is -0.520. The van der Waals surface area contributed by atoms with Crippen LogP contribution in [0.3, 0.4) is 0 Å². The van der Waals surface area contributed by atoms with Gasteiger partial charge in [0.05, 0.1) is 12.2 Å². The molecule has 0 aliphatic carbocycles. The lowest BCUT2D eigenvalue weighted by Crippen LogP contribution is -2.43. The number of hydrogen-bond acceptors (Lipinski definition) is 13. The maximum absolute atomic E-state index is 9.82. The summed E-state index contributed by atoms with van der Waals surface area (Å²) in [5.74, 6) is 8.04. The Kier molecular flexibility index (Phi) is 39.0. The molecule has 0 radical (unpaired) electrons. The first-order valence-corrected chi connectivity index (χ1v) is 34.3. The van der Waals surface area contributed by atoms with Crippen molar-refractivity contribution in [2.24, 2.45) is 70.8 Å². The van der Waals surface area contributed by atoms with Gasteiger partial charge in [-0.15, -0.1) is 0 Å². The Bertz CT molecular complexity index is 1450. The van der Waals surface area contributed by atoms with Crippen molar-refractivity contribution in [1.29, 1.82) is 0 Å². The zero-order chi connectivity index (χ0) is 63.0. The van der Waals surface area contributed by atoms with Crippen molar-refractivity contribution in [2.75, 3.05) is 106 Å². The van der Waals surface area contributed by atoms with Gasteiger partial charge in [-0.2, -0.15) is 0 Å². The van der Waals surface area contributed by atoms with Crippen molar-refractivity contribution in [3.05, 3.63) is 0 Å². The molecule has 0 aromatic heterocycles. The summed E-state index contributed by atoms with van der Waals surface area (Å²) in [4.78, 5) is 17.3. The molecule has 13 nitrogen and oxygen atoms in total. The van der Waals surface area contributed by atoms with Gasteiger partial charge in [-0.1, -0.05) is 83.1 Å². The number of likely N-dealkylation sites (N-methyl/N-ethyl adjacent to an activating group) is 2. The molecular weight excluding hydrogens is 1020 g/mol. The molecule has 6 rings (SSSR count). The molecule has 6 aliphatic rings. The van der Waals surface area contributed by atoms with Gasteiger partial charge in [0.25, 0.3) is 0 Å². The van der Waals surface area contributed by atoms with Crippen molar-refractivity contribution in [3.63, 3.8) is 0 Å². The molecular formula is C69H148N10O3. The molecule has 0 bridgehead atoms. The van der Waals surface area contributed by atoms with E-state index in [1.807, 2.05) is 0 Å². The maximum atomic E-state index is 9.82. The van der Waals surface area contributed by atoms with E-state index in [2.05, 4.69) is 232 Å². The second-order valence-corrected chi connectivity index (χ2v) is 31.3. The Labute approximate surface area is 512 Å². The lowest BCUT2D eigenvalue weighted by molar-refractivity contribution is 0.129. The van der Waals surface area contributed by atoms with Crippen LogP contribution in [0.5, 0.6) is 0 Å². The lowest BCUT2D eigenvalue weighted by atomic mass is 9.89. The molecule has 6 saturated heterocycles. The first-order chi connectivity index (χ1) is 38.0. The summed E-state index contributed by atoms with van der Waals surface area (Å²) >= 11 is 0. The summed E-state index contributed by atoms with van der Waals surface area (Å²) in [6.07, 6.45) is 6.12. The van der Waals surface area contributed by atoms with E-state index in [0.29, 0.717) is 84.7 Å². The minimum absolute atomic E-state index is 0.0928. The highest BCUT2D eigenvalue weighted by Gasteiger charge is 2.38. The Morgan fingerprint density at radius 2 is 0.695 bits per heavy atom. The van der Waals surface area contributed by atoms with Crippen LogP contribution in [-0.2, 0) is 0 Å². The van der Waals surface area contributed by atoms with E-state index in [1.54, 1.807) is 0 Å². The third-order valence-corrected chi connectivity index (χ3v) is 18.8. The molecule has 13 heteroatoms. The zero-order valence-electron chi connectivity index (χ0n) is 59.6. The van der Waals surface area contributed by atoms with Crippen LogP contribution in [0, 0.1) is 65.1 Å². The summed E-state index contributed by atoms with van der Waals surface area (Å²) in [6.45, 7) is 67.8. The van der Waals surface area contributed by atoms with Crippen LogP contribution in [-0.4, -0.2) is 235 Å². The van der Waals surface area contributed by atoms with E-state index < -0.39 is 0 Å². The Morgan fingerprint density at radius 1 is 0.378 bits per heavy atom. The third-order valence-electron chi connectivity index (χ3n) is 18.8. The minimum atomic E-state index is -0.204. The summed E-state index contributed by atoms with van der Waals surface area (Å²) in [5, 5.41) is 35.7. The van der Waals surface area contributed by atoms with Gasteiger partial charge in [-0.3, -0.25) is 24.5 Å². The van der Waals surface area contributed by atoms with Crippen molar-refractivity contribution in [2.45, 2.75) is 277 Å². The molecule has 7 N–H and O–H groups in total. The van der Waals surface area contributed by atoms with Gasteiger partial charge in [0.2, 0.25) is 0 Å². The van der Waals surface area contributed by atoms with Crippen LogP contribution in [0.15, 0.2) is 0 Å². The van der Waals surface area contributed by atoms with E-state index in [4.69, 9.17) is 5.73 Å². The van der Waals surface area contributed by atoms with Gasteiger partial charge in [0.1, 0.15) is 0 Å². The molecule has 6 aliphatic heterocycles. The monoisotopic (exact) mass is 1170 g/mol. The molecule has 0 saturated carbocycles. The normalized spacial score (nSPS) is 29.9. The standard InChI is InChI=1S/C13H28N2.C12H26N2.C12H25NO.C11H24N2.C11H23NO.C10H22N2O/c1-10(2)7-12-8-15(11(3)4)9-13(12)14(5)6;1-9(2)6-11-7-14(10(3)4)8-12(11)13-5;1-9(2)5-11-6-13(10(3)4)7-12(11)8-14;1-8(2)5-10-6-13(9(3)4)7-11(10)12;1-8(2)5-10-6-12(9(3)4)7-11(10)13;1-7(2)11-9-5-12(8(3)4)6-10(9)13/h10-13H,7-9H2,1-6H3;9-13H,6-8H2,1-5H3;9-12,14H,5-8H2,1-4H3;8-11H,5-7,12H2,1-4H3;8-11,13H,5-7H2,1-4H3;7-11,13H,5-6H2,1-4H3/t12-,13+;11-,12+;11-,12-;2*10-,11+;9-,10+/m000000/s1. The molecule has 82 heavy (non-hydrogen) atoms. The average Bonchev–Trinajstić information content (AvgIpc) is 4.22. The smallest absolute Gasteiger partial charge is 0.0832 e. The predicted molar refractivity (Wildman–Crippen MR) is 358 cm³/mol. The van der Waals surface area contributed by atoms with Crippen molar-refractivity contribution < 1.29 is 15.3 Å². The average molecular weight is 1170 g/mol. The van der Waals surface area contributed by atoms with Crippen LogP contribution in [0.2, 0.25) is 0 Å². The fourth-order valence-electron chi connectivity index (χ4n) is 13.9. The molecule has 0 aromatic rings. The number of aliphatic hydroxyl groups is 3. The predicted octanol–water partition coefficient (Wildman–Crippen LogP) is 10.1. The van der Waals surface area contributed by atoms with Crippen LogP contribution in [0.4, 0.5) is 0 Å². The number of β-amino-alcohol motifs (C(OH)–C–C–N with tert-alkyl or cyclic N) is 2. The number of rotatable bonds is 21. The number of nitrogens with one attached hydrogen (secondary N) is 2. The van der Waals surface area contributed by atoms with E-state index in [9.17, 15) is 15.3 Å². The molecule has 0 aromatic carbocycles. The van der Waals surface area contributed by atoms with Gasteiger partial charge in [-0.25, -0.2) is 0 Å². The van der Waals surface area contributed by atoms with Gasteiger partial charge in [-0.05, 0) is 201 Å². The Balaban J connectivity index is 0.000000492. The van der Waals surface area contributed by atoms with Crippen LogP contribution in [0.1, 0.15) is 198 Å². The van der Waals surface area contributed by atoms with Crippen molar-refractivity contribution >= 4 is 0 Å². The quantitative estimate of drug-likeness (QED) is 0.0652. The SMILES string of the molecule is CC(C)C[C@H]1CN(C(C)C)C[C@H]1CO.CC(C)C[C@H]1CN(C(C)C)C[C@H]1N.CC(C)C[C@H]1CN(C(C)C)C[C@H]1N(C)C.CC(C)C[C@H]1CN(C(C)C)C[C@H]1O.CC(C)N[C@H]1CN(C(C)C)C[C@H]1O.CN[C@@H]1CN(C(C)C)C[C@@H]1CC(C)C. The van der Waals surface area contributed by atoms with Crippen molar-refractivity contribution in [3.8, 4) is 0 Å². The molecule has 6 heterocycles. The van der Waals surface area contributed by atoms with Gasteiger partial charge >= 0.3 is 0 Å². The molecule has 6 fully saturated rings. The summed E-state index contributed by atoms with van der Waals surface area (Å²) in [5.41, 5.74) is 6.11. The first-order valence-electron chi connectivity index (χ1n) is 34.3. The second-order valence-electron chi connectivity index (χ2n) is 31.3. The Morgan fingerprint density at radius 3 is 1.10 bits per heavy atom.